The van der Waals surface area contributed by atoms with Crippen molar-refractivity contribution in [3.8, 4) is 5.75 Å². The van der Waals surface area contributed by atoms with E-state index in [0.717, 1.165) is 31.3 Å². The molecule has 17 heavy (non-hydrogen) atoms. The van der Waals surface area contributed by atoms with Crippen molar-refractivity contribution in [2.45, 2.75) is 26.7 Å². The summed E-state index contributed by atoms with van der Waals surface area (Å²) in [4.78, 5) is 10.8. The lowest BCUT2D eigenvalue weighted by Gasteiger charge is -2.11. The smallest absolute Gasteiger partial charge is 0.153 e. The van der Waals surface area contributed by atoms with Gasteiger partial charge in [-0.2, -0.15) is 0 Å². The van der Waals surface area contributed by atoms with Crippen molar-refractivity contribution in [3.05, 3.63) is 29.3 Å². The highest BCUT2D eigenvalue weighted by molar-refractivity contribution is 5.80. The first kappa shape index (κ1) is 13.7. The Morgan fingerprint density at radius 3 is 2.76 bits per heavy atom. The van der Waals surface area contributed by atoms with E-state index >= 15 is 0 Å². The third-order valence-electron chi connectivity index (χ3n) is 2.49. The van der Waals surface area contributed by atoms with E-state index in [0.29, 0.717) is 24.5 Å². The fraction of sp³-hybridized carbons (Fsp3) is 0.500. The van der Waals surface area contributed by atoms with E-state index in [1.165, 1.54) is 0 Å². The average Bonchev–Trinajstić information content (AvgIpc) is 2.35. The third kappa shape index (κ3) is 4.57. The first-order chi connectivity index (χ1) is 8.29. The quantitative estimate of drug-likeness (QED) is 0.514. The second-order valence-corrected chi connectivity index (χ2v) is 3.93. The molecule has 1 rings (SSSR count). The van der Waals surface area contributed by atoms with Crippen LogP contribution in [-0.4, -0.2) is 26.1 Å². The predicted octanol–water partition coefficient (Wildman–Crippen LogP) is 3.00. The van der Waals surface area contributed by atoms with Crippen LogP contribution in [0.1, 0.15) is 35.7 Å². The molecule has 0 aliphatic heterocycles. The van der Waals surface area contributed by atoms with Gasteiger partial charge in [-0.25, -0.2) is 0 Å². The van der Waals surface area contributed by atoms with Gasteiger partial charge in [0.1, 0.15) is 12.4 Å². The molecule has 0 atom stereocenters. The van der Waals surface area contributed by atoms with Crippen LogP contribution in [0.15, 0.2) is 18.2 Å². The highest BCUT2D eigenvalue weighted by atomic mass is 16.5. The molecule has 0 spiro atoms. The van der Waals surface area contributed by atoms with E-state index in [1.54, 1.807) is 6.07 Å². The minimum absolute atomic E-state index is 0.482. The molecule has 0 radical (unpaired) electrons. The Labute approximate surface area is 103 Å². The Kier molecular flexibility index (Phi) is 6.33. The van der Waals surface area contributed by atoms with E-state index in [2.05, 4.69) is 6.92 Å². The lowest BCUT2D eigenvalue weighted by atomic mass is 10.1. The fourth-order valence-electron chi connectivity index (χ4n) is 1.52. The molecule has 0 heterocycles. The first-order valence-corrected chi connectivity index (χ1v) is 6.05. The molecule has 1 aromatic rings. The molecular formula is C14H20O3. The molecule has 0 N–H and O–H groups in total. The number of aldehydes is 1. The number of hydrogen-bond donors (Lipinski definition) is 0. The normalized spacial score (nSPS) is 10.2. The average molecular weight is 236 g/mol. The van der Waals surface area contributed by atoms with E-state index < -0.39 is 0 Å². The Hall–Kier alpha value is -1.35. The van der Waals surface area contributed by atoms with Crippen molar-refractivity contribution in [3.63, 3.8) is 0 Å². The largest absolute Gasteiger partial charge is 0.490 e. The van der Waals surface area contributed by atoms with E-state index in [9.17, 15) is 4.79 Å². The Bertz CT molecular complexity index is 347. The summed E-state index contributed by atoms with van der Waals surface area (Å²) in [6.45, 7) is 5.88. The van der Waals surface area contributed by atoms with Gasteiger partial charge in [0.25, 0.3) is 0 Å². The highest BCUT2D eigenvalue weighted by Crippen LogP contribution is 2.21. The molecule has 3 nitrogen and oxygen atoms in total. The summed E-state index contributed by atoms with van der Waals surface area (Å²) in [7, 11) is 0. The van der Waals surface area contributed by atoms with Crippen molar-refractivity contribution in [2.75, 3.05) is 19.8 Å². The zero-order valence-corrected chi connectivity index (χ0v) is 10.6. The zero-order valence-electron chi connectivity index (χ0n) is 10.6. The summed E-state index contributed by atoms with van der Waals surface area (Å²) >= 11 is 0. The molecule has 0 unspecified atom stereocenters. The van der Waals surface area contributed by atoms with Gasteiger partial charge in [0.15, 0.2) is 6.29 Å². The molecular weight excluding hydrogens is 216 g/mol. The SMILES string of the molecule is CCCCOCCOc1c(C)cccc1C=O. The van der Waals surface area contributed by atoms with Crippen molar-refractivity contribution in [1.82, 2.24) is 0 Å². The lowest BCUT2D eigenvalue weighted by molar-refractivity contribution is 0.0966. The fourth-order valence-corrected chi connectivity index (χ4v) is 1.52. The molecule has 1 aromatic carbocycles. The number of aryl methyl sites for hydroxylation is 1. The van der Waals surface area contributed by atoms with Crippen LogP contribution in [0.4, 0.5) is 0 Å². The molecule has 0 saturated carbocycles. The molecule has 0 amide bonds. The summed E-state index contributed by atoms with van der Waals surface area (Å²) in [5, 5.41) is 0. The third-order valence-corrected chi connectivity index (χ3v) is 2.49. The van der Waals surface area contributed by atoms with Crippen LogP contribution < -0.4 is 4.74 Å². The molecule has 0 bridgehead atoms. The van der Waals surface area contributed by atoms with Crippen LogP contribution in [0.3, 0.4) is 0 Å². The van der Waals surface area contributed by atoms with Crippen LogP contribution in [0.5, 0.6) is 5.75 Å². The molecule has 0 saturated heterocycles. The van der Waals surface area contributed by atoms with Crippen LogP contribution in [0.25, 0.3) is 0 Å². The van der Waals surface area contributed by atoms with Crippen molar-refractivity contribution < 1.29 is 14.3 Å². The number of ether oxygens (including phenoxy) is 2. The van der Waals surface area contributed by atoms with Crippen LogP contribution in [-0.2, 0) is 4.74 Å². The Balaban J connectivity index is 2.38. The van der Waals surface area contributed by atoms with Crippen LogP contribution in [0.2, 0.25) is 0 Å². The summed E-state index contributed by atoms with van der Waals surface area (Å²) in [6, 6.07) is 5.54. The van der Waals surface area contributed by atoms with Gasteiger partial charge in [-0.15, -0.1) is 0 Å². The van der Waals surface area contributed by atoms with Crippen LogP contribution in [0, 0.1) is 6.92 Å². The molecule has 0 aliphatic carbocycles. The summed E-state index contributed by atoms with van der Waals surface area (Å²) < 4.78 is 11.0. The topological polar surface area (TPSA) is 35.5 Å². The van der Waals surface area contributed by atoms with E-state index in [4.69, 9.17) is 9.47 Å². The maximum atomic E-state index is 10.8. The minimum Gasteiger partial charge on any atom is -0.490 e. The number of rotatable bonds is 8. The lowest BCUT2D eigenvalue weighted by Crippen LogP contribution is -2.09. The van der Waals surface area contributed by atoms with E-state index in [-0.39, 0.29) is 0 Å². The van der Waals surface area contributed by atoms with Gasteiger partial charge in [0, 0.05) is 6.61 Å². The van der Waals surface area contributed by atoms with Crippen molar-refractivity contribution in [1.29, 1.82) is 0 Å². The Morgan fingerprint density at radius 1 is 1.24 bits per heavy atom. The van der Waals surface area contributed by atoms with Gasteiger partial charge in [-0.05, 0) is 25.0 Å². The molecule has 0 aromatic heterocycles. The van der Waals surface area contributed by atoms with Gasteiger partial charge >= 0.3 is 0 Å². The summed E-state index contributed by atoms with van der Waals surface area (Å²) in [5.41, 5.74) is 1.57. The maximum Gasteiger partial charge on any atom is 0.153 e. The van der Waals surface area contributed by atoms with Crippen molar-refractivity contribution in [2.24, 2.45) is 0 Å². The number of para-hydroxylation sites is 1. The number of carbonyl (C=O) groups is 1. The van der Waals surface area contributed by atoms with Gasteiger partial charge < -0.3 is 9.47 Å². The second-order valence-electron chi connectivity index (χ2n) is 3.93. The summed E-state index contributed by atoms with van der Waals surface area (Å²) in [6.07, 6.45) is 3.03. The minimum atomic E-state index is 0.482. The number of carbonyl (C=O) groups excluding carboxylic acids is 1. The number of hydrogen-bond acceptors (Lipinski definition) is 3. The number of unbranched alkanes of at least 4 members (excludes halogenated alkanes) is 1. The van der Waals surface area contributed by atoms with Crippen LogP contribution >= 0.6 is 0 Å². The predicted molar refractivity (Wildman–Crippen MR) is 67.8 cm³/mol. The first-order valence-electron chi connectivity index (χ1n) is 6.05. The molecule has 0 aliphatic rings. The monoisotopic (exact) mass is 236 g/mol. The van der Waals surface area contributed by atoms with Gasteiger partial charge in [0.05, 0.1) is 12.2 Å². The maximum absolute atomic E-state index is 10.8. The molecule has 0 fully saturated rings. The number of benzene rings is 1. The molecule has 94 valence electrons. The summed E-state index contributed by atoms with van der Waals surface area (Å²) in [5.74, 6) is 0.668. The van der Waals surface area contributed by atoms with Crippen molar-refractivity contribution >= 4 is 6.29 Å². The van der Waals surface area contributed by atoms with Gasteiger partial charge in [-0.3, -0.25) is 4.79 Å². The second kappa shape index (κ2) is 7.85. The highest BCUT2D eigenvalue weighted by Gasteiger charge is 2.05. The van der Waals surface area contributed by atoms with Gasteiger partial charge in [-0.1, -0.05) is 25.5 Å². The zero-order chi connectivity index (χ0) is 12.5. The Morgan fingerprint density at radius 2 is 2.06 bits per heavy atom. The standard InChI is InChI=1S/C14H20O3/c1-3-4-8-16-9-10-17-14-12(2)6-5-7-13(14)11-15/h5-7,11H,3-4,8-10H2,1-2H3. The van der Waals surface area contributed by atoms with Gasteiger partial charge in [0.2, 0.25) is 0 Å². The van der Waals surface area contributed by atoms with E-state index in [1.807, 2.05) is 19.1 Å². The molecule has 3 heteroatoms.